The number of likely N-dealkylation sites (N-methyl/N-ethyl adjacent to an activating group) is 1. The molecule has 0 N–H and O–H groups in total. The van der Waals surface area contributed by atoms with Crippen molar-refractivity contribution in [3.63, 3.8) is 0 Å². The van der Waals surface area contributed by atoms with Crippen molar-refractivity contribution in [1.29, 1.82) is 0 Å². The maximum absolute atomic E-state index is 13.4. The van der Waals surface area contributed by atoms with Crippen molar-refractivity contribution in [2.24, 2.45) is 0 Å². The smallest absolute Gasteiger partial charge is 0.311 e. The van der Waals surface area contributed by atoms with Gasteiger partial charge in [-0.25, -0.2) is 9.36 Å². The van der Waals surface area contributed by atoms with E-state index >= 15 is 0 Å². The molecular formula is C23H20ClN3O3S. The molecular weight excluding hydrogens is 434 g/mol. The van der Waals surface area contributed by atoms with E-state index in [4.69, 9.17) is 11.6 Å². The average molecular weight is 454 g/mol. The van der Waals surface area contributed by atoms with Crippen LogP contribution in [0.25, 0.3) is 15.9 Å². The van der Waals surface area contributed by atoms with E-state index in [1.54, 1.807) is 40.6 Å². The van der Waals surface area contributed by atoms with Crippen LogP contribution < -0.4 is 16.1 Å². The third-order valence-electron chi connectivity index (χ3n) is 5.05. The number of fused-ring (bicyclic) bond motifs is 1. The number of anilines is 1. The Morgan fingerprint density at radius 1 is 1.10 bits per heavy atom. The van der Waals surface area contributed by atoms with Gasteiger partial charge in [0.1, 0.15) is 11.2 Å². The third kappa shape index (κ3) is 3.94. The predicted molar refractivity (Wildman–Crippen MR) is 126 cm³/mol. The van der Waals surface area contributed by atoms with Crippen molar-refractivity contribution in [1.82, 2.24) is 9.13 Å². The normalized spacial score (nSPS) is 11.1. The minimum Gasteiger partial charge on any atom is -0.311 e. The van der Waals surface area contributed by atoms with Gasteiger partial charge in [0.2, 0.25) is 5.91 Å². The van der Waals surface area contributed by atoms with Gasteiger partial charge < -0.3 is 4.90 Å². The van der Waals surface area contributed by atoms with Crippen molar-refractivity contribution >= 4 is 44.7 Å². The summed E-state index contributed by atoms with van der Waals surface area (Å²) >= 11 is 7.32. The summed E-state index contributed by atoms with van der Waals surface area (Å²) in [5.41, 5.74) is 1.62. The Bertz CT molecular complexity index is 1400. The molecule has 0 aliphatic heterocycles. The first-order valence-electron chi connectivity index (χ1n) is 9.76. The van der Waals surface area contributed by atoms with Gasteiger partial charge in [-0.15, -0.1) is 11.3 Å². The van der Waals surface area contributed by atoms with Gasteiger partial charge >= 0.3 is 5.69 Å². The van der Waals surface area contributed by atoms with Crippen LogP contribution in [0.2, 0.25) is 5.02 Å². The molecule has 0 saturated heterocycles. The molecule has 0 saturated carbocycles. The van der Waals surface area contributed by atoms with Crippen LogP contribution in [-0.2, 0) is 11.3 Å². The zero-order valence-electron chi connectivity index (χ0n) is 17.0. The van der Waals surface area contributed by atoms with Crippen LogP contribution in [0.3, 0.4) is 0 Å². The van der Waals surface area contributed by atoms with Crippen molar-refractivity contribution < 1.29 is 4.79 Å². The van der Waals surface area contributed by atoms with Crippen LogP contribution in [-0.4, -0.2) is 21.6 Å². The molecule has 0 aliphatic rings. The lowest BCUT2D eigenvalue weighted by atomic mass is 10.2. The van der Waals surface area contributed by atoms with E-state index in [0.717, 1.165) is 15.8 Å². The van der Waals surface area contributed by atoms with E-state index < -0.39 is 11.2 Å². The molecule has 8 heteroatoms. The topological polar surface area (TPSA) is 64.3 Å². The molecule has 31 heavy (non-hydrogen) atoms. The summed E-state index contributed by atoms with van der Waals surface area (Å²) in [6, 6.07) is 15.9. The first kappa shape index (κ1) is 21.1. The number of hydrogen-bond acceptors (Lipinski definition) is 4. The molecule has 0 bridgehead atoms. The average Bonchev–Trinajstić information content (AvgIpc) is 3.22. The summed E-state index contributed by atoms with van der Waals surface area (Å²) in [4.78, 5) is 41.3. The minimum atomic E-state index is -0.577. The lowest BCUT2D eigenvalue weighted by molar-refractivity contribution is -0.119. The quantitative estimate of drug-likeness (QED) is 0.454. The number of carbonyl (C=O) groups excluding carboxylic acids is 1. The highest BCUT2D eigenvalue weighted by Gasteiger charge is 2.21. The first-order valence-corrected chi connectivity index (χ1v) is 11.0. The van der Waals surface area contributed by atoms with Crippen LogP contribution in [0.4, 0.5) is 5.69 Å². The van der Waals surface area contributed by atoms with Gasteiger partial charge in [0, 0.05) is 17.3 Å². The Balaban J connectivity index is 1.84. The van der Waals surface area contributed by atoms with E-state index in [-0.39, 0.29) is 12.5 Å². The third-order valence-corrected chi connectivity index (χ3v) is 6.17. The number of carbonyl (C=O) groups is 1. The Morgan fingerprint density at radius 2 is 1.87 bits per heavy atom. The number of aryl methyl sites for hydroxylation is 1. The van der Waals surface area contributed by atoms with Gasteiger partial charge in [-0.1, -0.05) is 29.8 Å². The van der Waals surface area contributed by atoms with Crippen molar-refractivity contribution in [2.75, 3.05) is 11.4 Å². The number of amides is 1. The van der Waals surface area contributed by atoms with Gasteiger partial charge in [-0.05, 0) is 61.2 Å². The number of nitrogens with zero attached hydrogens (tertiary/aromatic N) is 3. The summed E-state index contributed by atoms with van der Waals surface area (Å²) in [5.74, 6) is -0.237. The molecule has 0 aliphatic carbocycles. The van der Waals surface area contributed by atoms with Gasteiger partial charge in [0.05, 0.1) is 11.2 Å². The zero-order valence-corrected chi connectivity index (χ0v) is 18.6. The second-order valence-corrected chi connectivity index (χ2v) is 8.45. The SMILES string of the molecule is CCN(C(=O)Cn1c(=O)n(-c2cccc(Cl)c2)c(=O)c2sccc21)c1cccc(C)c1. The number of hydrogen-bond donors (Lipinski definition) is 0. The summed E-state index contributed by atoms with van der Waals surface area (Å²) in [7, 11) is 0. The molecule has 1 amide bonds. The van der Waals surface area contributed by atoms with E-state index in [9.17, 15) is 14.4 Å². The van der Waals surface area contributed by atoms with Crippen molar-refractivity contribution in [2.45, 2.75) is 20.4 Å². The van der Waals surface area contributed by atoms with Gasteiger partial charge in [0.25, 0.3) is 5.56 Å². The minimum absolute atomic E-state index is 0.186. The van der Waals surface area contributed by atoms with Gasteiger partial charge in [0.15, 0.2) is 0 Å². The zero-order chi connectivity index (χ0) is 22.1. The molecule has 0 radical (unpaired) electrons. The van der Waals surface area contributed by atoms with E-state index in [1.165, 1.54) is 15.9 Å². The lowest BCUT2D eigenvalue weighted by Gasteiger charge is -2.22. The fourth-order valence-corrected chi connectivity index (χ4v) is 4.61. The summed E-state index contributed by atoms with van der Waals surface area (Å²) in [6.07, 6.45) is 0. The molecule has 2 aromatic heterocycles. The molecule has 2 heterocycles. The van der Waals surface area contributed by atoms with Crippen LogP contribution >= 0.6 is 22.9 Å². The first-order chi connectivity index (χ1) is 14.9. The Kier molecular flexibility index (Phi) is 5.80. The summed E-state index contributed by atoms with van der Waals surface area (Å²) < 4.78 is 2.83. The maximum Gasteiger partial charge on any atom is 0.336 e. The molecule has 2 aromatic carbocycles. The monoisotopic (exact) mass is 453 g/mol. The molecule has 6 nitrogen and oxygen atoms in total. The highest BCUT2D eigenvalue weighted by molar-refractivity contribution is 7.17. The van der Waals surface area contributed by atoms with Crippen molar-refractivity contribution in [3.8, 4) is 5.69 Å². The predicted octanol–water partition coefficient (Wildman–Crippen LogP) is 4.23. The molecule has 0 unspecified atom stereocenters. The number of halogens is 1. The lowest BCUT2D eigenvalue weighted by Crippen LogP contribution is -2.42. The fraction of sp³-hybridized carbons (Fsp3) is 0.174. The van der Waals surface area contributed by atoms with Gasteiger partial charge in [-0.3, -0.25) is 14.2 Å². The second kappa shape index (κ2) is 8.53. The summed E-state index contributed by atoms with van der Waals surface area (Å²) in [5, 5.41) is 2.15. The second-order valence-electron chi connectivity index (χ2n) is 7.10. The van der Waals surface area contributed by atoms with Gasteiger partial charge in [-0.2, -0.15) is 0 Å². The Labute approximate surface area is 187 Å². The molecule has 158 valence electrons. The molecule has 4 rings (SSSR count). The highest BCUT2D eigenvalue weighted by atomic mass is 35.5. The Morgan fingerprint density at radius 3 is 2.58 bits per heavy atom. The Hall–Kier alpha value is -3.16. The number of aromatic nitrogens is 2. The number of thiophene rings is 1. The van der Waals surface area contributed by atoms with Crippen LogP contribution in [0.1, 0.15) is 12.5 Å². The molecule has 0 fully saturated rings. The van der Waals surface area contributed by atoms with E-state index in [0.29, 0.717) is 27.5 Å². The largest absolute Gasteiger partial charge is 0.336 e. The fourth-order valence-electron chi connectivity index (χ4n) is 3.60. The molecule has 0 spiro atoms. The number of benzene rings is 2. The van der Waals surface area contributed by atoms with E-state index in [2.05, 4.69) is 0 Å². The van der Waals surface area contributed by atoms with Crippen LogP contribution in [0.15, 0.2) is 69.6 Å². The van der Waals surface area contributed by atoms with Crippen LogP contribution in [0, 0.1) is 6.92 Å². The molecule has 0 atom stereocenters. The molecule has 4 aromatic rings. The summed E-state index contributed by atoms with van der Waals surface area (Å²) in [6.45, 7) is 4.12. The van der Waals surface area contributed by atoms with Crippen LogP contribution in [0.5, 0.6) is 0 Å². The highest BCUT2D eigenvalue weighted by Crippen LogP contribution is 2.20. The van der Waals surface area contributed by atoms with Crippen molar-refractivity contribution in [3.05, 3.63) is 91.4 Å². The maximum atomic E-state index is 13.4. The van der Waals surface area contributed by atoms with E-state index in [1.807, 2.05) is 38.1 Å². The number of rotatable bonds is 5. The standard InChI is InChI=1S/C23H20ClN3O3S/c1-3-25(17-8-4-6-15(2)12-17)20(28)14-26-19-10-11-31-21(19)22(29)27(23(26)30)18-9-5-7-16(24)13-18/h4-13H,3,14H2,1-2H3.